The van der Waals surface area contributed by atoms with Gasteiger partial charge in [-0.05, 0) is 23.8 Å². The normalized spacial score (nSPS) is 10.6. The van der Waals surface area contributed by atoms with Gasteiger partial charge in [0.1, 0.15) is 17.4 Å². The van der Waals surface area contributed by atoms with E-state index >= 15 is 0 Å². The lowest BCUT2D eigenvalue weighted by Crippen LogP contribution is -2.08. The minimum atomic E-state index is -0.725. The summed E-state index contributed by atoms with van der Waals surface area (Å²) in [5.74, 6) is -0.679. The predicted octanol–water partition coefficient (Wildman–Crippen LogP) is 2.30. The predicted molar refractivity (Wildman–Crippen MR) is 73.0 cm³/mol. The Morgan fingerprint density at radius 1 is 1.45 bits per heavy atom. The van der Waals surface area contributed by atoms with Crippen LogP contribution in [0.3, 0.4) is 0 Å². The summed E-state index contributed by atoms with van der Waals surface area (Å²) in [7, 11) is 1.19. The molecular weight excluding hydrogens is 282 g/mol. The van der Waals surface area contributed by atoms with Gasteiger partial charge < -0.3 is 9.47 Å². The van der Waals surface area contributed by atoms with Crippen molar-refractivity contribution < 1.29 is 19.1 Å². The number of ether oxygens (including phenoxy) is 2. The molecule has 1 rings (SSSR count). The van der Waals surface area contributed by atoms with Gasteiger partial charge >= 0.3 is 11.9 Å². The van der Waals surface area contributed by atoms with Crippen molar-refractivity contribution in [1.29, 1.82) is 5.26 Å². The van der Waals surface area contributed by atoms with Crippen molar-refractivity contribution in [2.75, 3.05) is 13.0 Å². The van der Waals surface area contributed by atoms with Crippen LogP contribution in [-0.2, 0) is 14.3 Å². The van der Waals surface area contributed by atoms with Crippen LogP contribution in [0.15, 0.2) is 29.8 Å². The highest BCUT2D eigenvalue weighted by atomic mass is 35.5. The monoisotopic (exact) mass is 293 g/mol. The van der Waals surface area contributed by atoms with Crippen LogP contribution >= 0.6 is 11.6 Å². The fraction of sp³-hybridized carbons (Fsp3) is 0.214. The summed E-state index contributed by atoms with van der Waals surface area (Å²) in [5.41, 5.74) is 0.403. The number of carbonyl (C=O) groups excluding carboxylic acids is 2. The van der Waals surface area contributed by atoms with Gasteiger partial charge in [-0.1, -0.05) is 12.1 Å². The van der Waals surface area contributed by atoms with Crippen molar-refractivity contribution in [1.82, 2.24) is 0 Å². The van der Waals surface area contributed by atoms with Gasteiger partial charge in [-0.25, -0.2) is 4.79 Å². The minimum Gasteiger partial charge on any atom is -0.465 e. The third-order valence-electron chi connectivity index (χ3n) is 2.23. The molecular formula is C14H12ClNO4. The lowest BCUT2D eigenvalue weighted by atomic mass is 10.1. The quantitative estimate of drug-likeness (QED) is 0.274. The standard InChI is InChI=1S/C14H12ClNO4/c1-19-14(18)11(9-16)7-10-3-2-4-12(8-10)20-13(17)5-6-15/h2-4,7-8H,5-6H2,1H3/b11-7+. The number of methoxy groups -OCH3 is 1. The van der Waals surface area contributed by atoms with E-state index in [4.69, 9.17) is 21.6 Å². The number of nitrogens with zero attached hydrogens (tertiary/aromatic N) is 1. The van der Waals surface area contributed by atoms with E-state index in [1.165, 1.54) is 19.3 Å². The van der Waals surface area contributed by atoms with Crippen LogP contribution in [0, 0.1) is 11.3 Å². The first-order valence-electron chi connectivity index (χ1n) is 5.67. The zero-order valence-electron chi connectivity index (χ0n) is 10.8. The van der Waals surface area contributed by atoms with Gasteiger partial charge in [0.2, 0.25) is 0 Å². The van der Waals surface area contributed by atoms with E-state index in [9.17, 15) is 9.59 Å². The fourth-order valence-electron chi connectivity index (χ4n) is 1.34. The maximum atomic E-state index is 11.3. The number of carbonyl (C=O) groups is 2. The van der Waals surface area contributed by atoms with Crippen molar-refractivity contribution >= 4 is 29.6 Å². The molecule has 0 unspecified atom stereocenters. The number of hydrogen-bond donors (Lipinski definition) is 0. The summed E-state index contributed by atoms with van der Waals surface area (Å²) in [6.07, 6.45) is 1.46. The van der Waals surface area contributed by atoms with Gasteiger partial charge in [-0.15, -0.1) is 11.6 Å². The van der Waals surface area contributed by atoms with Crippen LogP contribution in [-0.4, -0.2) is 24.9 Å². The molecule has 0 amide bonds. The molecule has 0 heterocycles. The molecule has 0 aromatic heterocycles. The molecule has 6 heteroatoms. The smallest absolute Gasteiger partial charge is 0.348 e. The third-order valence-corrected chi connectivity index (χ3v) is 2.41. The number of hydrogen-bond acceptors (Lipinski definition) is 5. The first-order valence-corrected chi connectivity index (χ1v) is 6.21. The van der Waals surface area contributed by atoms with Crippen molar-refractivity contribution in [2.24, 2.45) is 0 Å². The van der Waals surface area contributed by atoms with Crippen LogP contribution in [0.4, 0.5) is 0 Å². The first-order chi connectivity index (χ1) is 9.60. The molecule has 0 aliphatic carbocycles. The highest BCUT2D eigenvalue weighted by Gasteiger charge is 2.09. The minimum absolute atomic E-state index is 0.104. The van der Waals surface area contributed by atoms with E-state index in [1.807, 2.05) is 0 Å². The Balaban J connectivity index is 2.93. The Kier molecular flexibility index (Phi) is 6.27. The Hall–Kier alpha value is -2.32. The van der Waals surface area contributed by atoms with Crippen LogP contribution in [0.1, 0.15) is 12.0 Å². The van der Waals surface area contributed by atoms with E-state index in [-0.39, 0.29) is 17.9 Å². The van der Waals surface area contributed by atoms with Crippen molar-refractivity contribution in [3.8, 4) is 11.8 Å². The van der Waals surface area contributed by atoms with Crippen molar-refractivity contribution in [3.05, 3.63) is 35.4 Å². The molecule has 20 heavy (non-hydrogen) atoms. The summed E-state index contributed by atoms with van der Waals surface area (Å²) in [6, 6.07) is 8.17. The average Bonchev–Trinajstić information content (AvgIpc) is 2.44. The molecule has 0 saturated carbocycles. The van der Waals surface area contributed by atoms with E-state index < -0.39 is 11.9 Å². The van der Waals surface area contributed by atoms with E-state index in [0.717, 1.165) is 0 Å². The molecule has 0 aliphatic rings. The number of nitriles is 1. The summed E-state index contributed by atoms with van der Waals surface area (Å²) < 4.78 is 9.52. The Morgan fingerprint density at radius 3 is 2.80 bits per heavy atom. The Bertz CT molecular complexity index is 575. The van der Waals surface area contributed by atoms with E-state index in [0.29, 0.717) is 11.3 Å². The molecule has 0 atom stereocenters. The summed E-state index contributed by atoms with van der Waals surface area (Å²) in [4.78, 5) is 22.6. The van der Waals surface area contributed by atoms with Gasteiger partial charge in [0.25, 0.3) is 0 Å². The number of halogens is 1. The molecule has 104 valence electrons. The van der Waals surface area contributed by atoms with Gasteiger partial charge in [-0.3, -0.25) is 4.79 Å². The second-order valence-corrected chi connectivity index (χ2v) is 4.02. The maximum absolute atomic E-state index is 11.3. The zero-order chi connectivity index (χ0) is 15.0. The van der Waals surface area contributed by atoms with Crippen LogP contribution in [0.25, 0.3) is 6.08 Å². The Labute approximate surface area is 121 Å². The zero-order valence-corrected chi connectivity index (χ0v) is 11.5. The van der Waals surface area contributed by atoms with Gasteiger partial charge in [0.05, 0.1) is 13.5 Å². The molecule has 0 radical (unpaired) electrons. The molecule has 0 aliphatic heterocycles. The maximum Gasteiger partial charge on any atom is 0.348 e. The summed E-state index contributed by atoms with van der Waals surface area (Å²) >= 11 is 5.43. The molecule has 1 aromatic rings. The molecule has 0 N–H and O–H groups in total. The van der Waals surface area contributed by atoms with Crippen molar-refractivity contribution in [2.45, 2.75) is 6.42 Å². The topological polar surface area (TPSA) is 76.4 Å². The average molecular weight is 294 g/mol. The summed E-state index contributed by atoms with van der Waals surface area (Å²) in [6.45, 7) is 0. The molecule has 0 saturated heterocycles. The number of benzene rings is 1. The molecule has 1 aromatic carbocycles. The van der Waals surface area contributed by atoms with Crippen LogP contribution in [0.5, 0.6) is 5.75 Å². The number of alkyl halides is 1. The molecule has 0 spiro atoms. The highest BCUT2D eigenvalue weighted by Crippen LogP contribution is 2.17. The largest absolute Gasteiger partial charge is 0.465 e. The highest BCUT2D eigenvalue weighted by molar-refractivity contribution is 6.18. The molecule has 5 nitrogen and oxygen atoms in total. The van der Waals surface area contributed by atoms with E-state index in [1.54, 1.807) is 24.3 Å². The Morgan fingerprint density at radius 2 is 2.20 bits per heavy atom. The summed E-state index contributed by atoms with van der Waals surface area (Å²) in [5, 5.41) is 8.85. The number of esters is 2. The first kappa shape index (κ1) is 15.7. The van der Waals surface area contributed by atoms with E-state index in [2.05, 4.69) is 4.74 Å². The third kappa shape index (κ3) is 4.75. The second kappa shape index (κ2) is 7.97. The fourth-order valence-corrected chi connectivity index (χ4v) is 1.50. The molecule has 0 bridgehead atoms. The van der Waals surface area contributed by atoms with Gasteiger partial charge in [0, 0.05) is 5.88 Å². The van der Waals surface area contributed by atoms with Crippen LogP contribution in [0.2, 0.25) is 0 Å². The lowest BCUT2D eigenvalue weighted by Gasteiger charge is -2.04. The van der Waals surface area contributed by atoms with Crippen molar-refractivity contribution in [3.63, 3.8) is 0 Å². The molecule has 0 fully saturated rings. The number of rotatable bonds is 5. The van der Waals surface area contributed by atoms with Gasteiger partial charge in [-0.2, -0.15) is 5.26 Å². The lowest BCUT2D eigenvalue weighted by molar-refractivity contribution is -0.135. The van der Waals surface area contributed by atoms with Crippen LogP contribution < -0.4 is 4.74 Å². The SMILES string of the molecule is COC(=O)/C(C#N)=C/c1cccc(OC(=O)CCCl)c1. The van der Waals surface area contributed by atoms with Gasteiger partial charge in [0.15, 0.2) is 0 Å². The second-order valence-electron chi connectivity index (χ2n) is 3.65.